The van der Waals surface area contributed by atoms with Gasteiger partial charge in [-0.05, 0) is 30.9 Å². The molecular formula is C13H21NO3. The lowest BCUT2D eigenvalue weighted by Crippen LogP contribution is -2.33. The highest BCUT2D eigenvalue weighted by Crippen LogP contribution is 2.23. The largest absolute Gasteiger partial charge is 0.462 e. The first-order valence-electron chi connectivity index (χ1n) is 6.37. The third-order valence-corrected chi connectivity index (χ3v) is 3.45. The van der Waals surface area contributed by atoms with Crippen LogP contribution in [-0.4, -0.2) is 22.9 Å². The standard InChI is InChI=1S/C13H21NO3/c15-9-12-6-5-11(17-12)8-14-7-10-3-1-2-4-13(10)16/h5-6,10,13-16H,1-4,7-9H2. The molecule has 0 radical (unpaired) electrons. The van der Waals surface area contributed by atoms with Crippen LogP contribution in [0.1, 0.15) is 37.2 Å². The summed E-state index contributed by atoms with van der Waals surface area (Å²) in [5.74, 6) is 1.80. The minimum absolute atomic E-state index is 0.0542. The molecule has 4 heteroatoms. The van der Waals surface area contributed by atoms with E-state index in [0.29, 0.717) is 18.2 Å². The Kier molecular flexibility index (Phi) is 4.59. The number of furan rings is 1. The minimum Gasteiger partial charge on any atom is -0.462 e. The quantitative estimate of drug-likeness (QED) is 0.727. The van der Waals surface area contributed by atoms with E-state index in [0.717, 1.165) is 31.6 Å². The van der Waals surface area contributed by atoms with Crippen LogP contribution in [0.4, 0.5) is 0 Å². The average Bonchev–Trinajstić information content (AvgIpc) is 2.80. The predicted octanol–water partition coefficient (Wildman–Crippen LogP) is 1.41. The van der Waals surface area contributed by atoms with Gasteiger partial charge in [-0.15, -0.1) is 0 Å². The summed E-state index contributed by atoms with van der Waals surface area (Å²) in [6, 6.07) is 3.66. The summed E-state index contributed by atoms with van der Waals surface area (Å²) < 4.78 is 5.37. The van der Waals surface area contributed by atoms with Gasteiger partial charge in [0.05, 0.1) is 12.6 Å². The summed E-state index contributed by atoms with van der Waals surface area (Å²) in [6.45, 7) is 1.43. The summed E-state index contributed by atoms with van der Waals surface area (Å²) >= 11 is 0. The number of aliphatic hydroxyl groups is 2. The van der Waals surface area contributed by atoms with Gasteiger partial charge >= 0.3 is 0 Å². The highest BCUT2D eigenvalue weighted by atomic mass is 16.4. The summed E-state index contributed by atoms with van der Waals surface area (Å²) in [5.41, 5.74) is 0. The molecule has 0 aromatic carbocycles. The number of hydrogen-bond acceptors (Lipinski definition) is 4. The van der Waals surface area contributed by atoms with Crippen LogP contribution >= 0.6 is 0 Å². The lowest BCUT2D eigenvalue weighted by Gasteiger charge is -2.27. The molecule has 2 rings (SSSR count). The lowest BCUT2D eigenvalue weighted by molar-refractivity contribution is 0.0692. The average molecular weight is 239 g/mol. The van der Waals surface area contributed by atoms with Crippen molar-refractivity contribution in [2.24, 2.45) is 5.92 Å². The molecule has 0 amide bonds. The Labute approximate surface area is 102 Å². The summed E-state index contributed by atoms with van der Waals surface area (Å²) in [7, 11) is 0. The van der Waals surface area contributed by atoms with Gasteiger partial charge in [0.25, 0.3) is 0 Å². The van der Waals surface area contributed by atoms with E-state index >= 15 is 0 Å². The van der Waals surface area contributed by atoms with Crippen molar-refractivity contribution in [3.05, 3.63) is 23.7 Å². The second kappa shape index (κ2) is 6.19. The Balaban J connectivity index is 1.71. The van der Waals surface area contributed by atoms with Crippen LogP contribution in [0.5, 0.6) is 0 Å². The normalized spacial score (nSPS) is 25.1. The van der Waals surface area contributed by atoms with Crippen molar-refractivity contribution in [1.29, 1.82) is 0 Å². The zero-order valence-corrected chi connectivity index (χ0v) is 10.1. The van der Waals surface area contributed by atoms with Crippen LogP contribution in [0.3, 0.4) is 0 Å². The maximum atomic E-state index is 9.81. The molecule has 1 heterocycles. The van der Waals surface area contributed by atoms with E-state index in [2.05, 4.69) is 5.32 Å². The SMILES string of the molecule is OCc1ccc(CNCC2CCCCC2O)o1. The van der Waals surface area contributed by atoms with Crippen molar-refractivity contribution in [2.45, 2.75) is 44.9 Å². The lowest BCUT2D eigenvalue weighted by atomic mass is 9.86. The molecule has 3 N–H and O–H groups in total. The fourth-order valence-electron chi connectivity index (χ4n) is 2.41. The van der Waals surface area contributed by atoms with Gasteiger partial charge in [-0.3, -0.25) is 0 Å². The molecule has 0 bridgehead atoms. The number of nitrogens with one attached hydrogen (secondary N) is 1. The first-order valence-corrected chi connectivity index (χ1v) is 6.37. The van der Waals surface area contributed by atoms with E-state index in [9.17, 15) is 5.11 Å². The molecule has 2 unspecified atom stereocenters. The van der Waals surface area contributed by atoms with Gasteiger partial charge in [-0.25, -0.2) is 0 Å². The highest BCUT2D eigenvalue weighted by molar-refractivity contribution is 5.06. The molecule has 2 atom stereocenters. The zero-order chi connectivity index (χ0) is 12.1. The van der Waals surface area contributed by atoms with Crippen molar-refractivity contribution >= 4 is 0 Å². The summed E-state index contributed by atoms with van der Waals surface area (Å²) in [4.78, 5) is 0. The molecule has 17 heavy (non-hydrogen) atoms. The molecule has 0 aliphatic heterocycles. The van der Waals surface area contributed by atoms with Gasteiger partial charge in [0.2, 0.25) is 0 Å². The maximum absolute atomic E-state index is 9.81. The number of aliphatic hydroxyl groups excluding tert-OH is 2. The fourth-order valence-corrected chi connectivity index (χ4v) is 2.41. The third kappa shape index (κ3) is 3.56. The smallest absolute Gasteiger partial charge is 0.129 e. The molecule has 1 saturated carbocycles. The molecule has 1 aromatic heterocycles. The van der Waals surface area contributed by atoms with Crippen molar-refractivity contribution in [1.82, 2.24) is 5.32 Å². The van der Waals surface area contributed by atoms with Crippen LogP contribution in [0.25, 0.3) is 0 Å². The zero-order valence-electron chi connectivity index (χ0n) is 10.1. The third-order valence-electron chi connectivity index (χ3n) is 3.45. The molecular weight excluding hydrogens is 218 g/mol. The molecule has 1 aliphatic carbocycles. The number of hydrogen-bond donors (Lipinski definition) is 3. The molecule has 96 valence electrons. The van der Waals surface area contributed by atoms with E-state index in [4.69, 9.17) is 9.52 Å². The second-order valence-electron chi connectivity index (χ2n) is 4.77. The molecule has 0 saturated heterocycles. The van der Waals surface area contributed by atoms with E-state index in [1.807, 2.05) is 6.07 Å². The van der Waals surface area contributed by atoms with Gasteiger partial charge < -0.3 is 19.9 Å². The molecule has 1 aliphatic rings. The van der Waals surface area contributed by atoms with E-state index in [-0.39, 0.29) is 12.7 Å². The van der Waals surface area contributed by atoms with Crippen molar-refractivity contribution in [2.75, 3.05) is 6.54 Å². The van der Waals surface area contributed by atoms with Gasteiger partial charge in [0.1, 0.15) is 18.1 Å². The van der Waals surface area contributed by atoms with Gasteiger partial charge in [0, 0.05) is 6.54 Å². The van der Waals surface area contributed by atoms with Crippen LogP contribution in [-0.2, 0) is 13.2 Å². The first kappa shape index (κ1) is 12.6. The molecule has 0 spiro atoms. The van der Waals surface area contributed by atoms with Gasteiger partial charge in [0.15, 0.2) is 0 Å². The van der Waals surface area contributed by atoms with Crippen LogP contribution in [0, 0.1) is 5.92 Å². The maximum Gasteiger partial charge on any atom is 0.129 e. The highest BCUT2D eigenvalue weighted by Gasteiger charge is 2.22. The summed E-state index contributed by atoms with van der Waals surface area (Å²) in [6.07, 6.45) is 4.26. The van der Waals surface area contributed by atoms with Crippen molar-refractivity contribution < 1.29 is 14.6 Å². The molecule has 1 aromatic rings. The summed E-state index contributed by atoms with van der Waals surface area (Å²) in [5, 5.41) is 22.0. The van der Waals surface area contributed by atoms with E-state index in [1.54, 1.807) is 6.07 Å². The minimum atomic E-state index is -0.152. The van der Waals surface area contributed by atoms with Crippen molar-refractivity contribution in [3.8, 4) is 0 Å². The monoisotopic (exact) mass is 239 g/mol. The Hall–Kier alpha value is -0.840. The van der Waals surface area contributed by atoms with E-state index < -0.39 is 0 Å². The van der Waals surface area contributed by atoms with Crippen molar-refractivity contribution in [3.63, 3.8) is 0 Å². The van der Waals surface area contributed by atoms with Crippen LogP contribution < -0.4 is 5.32 Å². The first-order chi connectivity index (χ1) is 8.29. The number of rotatable bonds is 5. The molecule has 4 nitrogen and oxygen atoms in total. The van der Waals surface area contributed by atoms with Crippen LogP contribution in [0.15, 0.2) is 16.5 Å². The Morgan fingerprint density at radius 3 is 2.71 bits per heavy atom. The van der Waals surface area contributed by atoms with E-state index in [1.165, 1.54) is 6.42 Å². The topological polar surface area (TPSA) is 65.6 Å². The fraction of sp³-hybridized carbons (Fsp3) is 0.692. The van der Waals surface area contributed by atoms with Crippen LogP contribution in [0.2, 0.25) is 0 Å². The molecule has 1 fully saturated rings. The Morgan fingerprint density at radius 1 is 1.24 bits per heavy atom. The predicted molar refractivity (Wildman–Crippen MR) is 64.3 cm³/mol. The van der Waals surface area contributed by atoms with Gasteiger partial charge in [-0.2, -0.15) is 0 Å². The van der Waals surface area contributed by atoms with Gasteiger partial charge in [-0.1, -0.05) is 12.8 Å². The Morgan fingerprint density at radius 2 is 2.00 bits per heavy atom. The Bertz CT molecular complexity index is 337. The second-order valence-corrected chi connectivity index (χ2v) is 4.77.